The number of rotatable bonds is 6. The Hall–Kier alpha value is -2.69. The van der Waals surface area contributed by atoms with Crippen LogP contribution in [0.5, 0.6) is 5.75 Å². The Morgan fingerprint density at radius 1 is 1.23 bits per heavy atom. The lowest BCUT2D eigenvalue weighted by molar-refractivity contribution is -0.384. The number of carbonyl (C=O) groups is 1. The van der Waals surface area contributed by atoms with Crippen molar-refractivity contribution >= 4 is 11.5 Å². The zero-order valence-corrected chi connectivity index (χ0v) is 12.5. The summed E-state index contributed by atoms with van der Waals surface area (Å²) in [5.74, 6) is 0.676. The Bertz CT molecular complexity index is 710. The molecule has 5 nitrogen and oxygen atoms in total. The molecular weight excluding hydrogens is 282 g/mol. The average molecular weight is 299 g/mol. The zero-order chi connectivity index (χ0) is 16.1. The molecule has 0 bridgehead atoms. The third-order valence-corrected chi connectivity index (χ3v) is 3.36. The van der Waals surface area contributed by atoms with Crippen molar-refractivity contribution in [1.82, 2.24) is 0 Å². The van der Waals surface area contributed by atoms with Crippen molar-refractivity contribution in [3.05, 3.63) is 69.3 Å². The van der Waals surface area contributed by atoms with Crippen LogP contribution in [0.25, 0.3) is 0 Å². The molecule has 22 heavy (non-hydrogen) atoms. The topological polar surface area (TPSA) is 69.4 Å². The number of carbonyl (C=O) groups excluding carboxylic acids is 1. The Labute approximate surface area is 128 Å². The van der Waals surface area contributed by atoms with Gasteiger partial charge in [-0.3, -0.25) is 14.9 Å². The van der Waals surface area contributed by atoms with Crippen molar-refractivity contribution in [3.8, 4) is 5.75 Å². The van der Waals surface area contributed by atoms with Crippen molar-refractivity contribution in [2.24, 2.45) is 0 Å². The molecule has 0 saturated carbocycles. The van der Waals surface area contributed by atoms with Crippen LogP contribution in [0.3, 0.4) is 0 Å². The number of ketones is 1. The molecule has 114 valence electrons. The van der Waals surface area contributed by atoms with Gasteiger partial charge in [-0.2, -0.15) is 0 Å². The van der Waals surface area contributed by atoms with Crippen LogP contribution < -0.4 is 4.74 Å². The van der Waals surface area contributed by atoms with E-state index in [1.54, 1.807) is 24.3 Å². The van der Waals surface area contributed by atoms with E-state index in [0.29, 0.717) is 11.3 Å². The van der Waals surface area contributed by atoms with Crippen LogP contribution in [0.4, 0.5) is 5.69 Å². The molecule has 0 aliphatic carbocycles. The number of non-ortho nitro benzene ring substituents is 1. The van der Waals surface area contributed by atoms with E-state index in [2.05, 4.69) is 0 Å². The molecule has 0 fully saturated rings. The van der Waals surface area contributed by atoms with Gasteiger partial charge < -0.3 is 4.74 Å². The molecule has 0 amide bonds. The maximum absolute atomic E-state index is 11.5. The van der Waals surface area contributed by atoms with E-state index in [1.807, 2.05) is 13.0 Å². The van der Waals surface area contributed by atoms with Gasteiger partial charge in [0, 0.05) is 17.7 Å². The summed E-state index contributed by atoms with van der Waals surface area (Å²) in [5.41, 5.74) is 2.40. The van der Waals surface area contributed by atoms with E-state index in [1.165, 1.54) is 19.1 Å². The smallest absolute Gasteiger partial charge is 0.269 e. The zero-order valence-electron chi connectivity index (χ0n) is 12.5. The van der Waals surface area contributed by atoms with E-state index >= 15 is 0 Å². The molecule has 0 heterocycles. The molecule has 0 atom stereocenters. The number of nitrogens with zero attached hydrogens (tertiary/aromatic N) is 1. The van der Waals surface area contributed by atoms with E-state index in [9.17, 15) is 14.9 Å². The largest absolute Gasteiger partial charge is 0.489 e. The number of Topliss-reactive ketones (excluding diaryl/α,β-unsaturated/α-hetero) is 1. The van der Waals surface area contributed by atoms with Gasteiger partial charge in [0.1, 0.15) is 12.4 Å². The number of nitro groups is 1. The molecule has 0 aromatic heterocycles. The van der Waals surface area contributed by atoms with Crippen molar-refractivity contribution in [2.75, 3.05) is 0 Å². The van der Waals surface area contributed by atoms with E-state index in [-0.39, 0.29) is 18.1 Å². The van der Waals surface area contributed by atoms with Gasteiger partial charge in [0.2, 0.25) is 0 Å². The average Bonchev–Trinajstić information content (AvgIpc) is 2.52. The molecule has 0 spiro atoms. The molecular formula is C17H17NO4. The van der Waals surface area contributed by atoms with Gasteiger partial charge in [0.25, 0.3) is 5.69 Å². The number of ether oxygens (including phenoxy) is 1. The molecule has 0 aliphatic rings. The summed E-state index contributed by atoms with van der Waals surface area (Å²) in [5, 5.41) is 10.7. The number of benzene rings is 2. The van der Waals surface area contributed by atoms with Crippen LogP contribution in [0, 0.1) is 10.1 Å². The quantitative estimate of drug-likeness (QED) is 0.460. The van der Waals surface area contributed by atoms with Crippen LogP contribution in [0.15, 0.2) is 42.5 Å². The van der Waals surface area contributed by atoms with E-state index in [4.69, 9.17) is 4.74 Å². The first-order chi connectivity index (χ1) is 10.5. The third kappa shape index (κ3) is 3.69. The Balaban J connectivity index is 2.13. The fraction of sp³-hybridized carbons (Fsp3) is 0.235. The standard InChI is InChI=1S/C17H17NO4/c1-3-14-10-16(7-8-17(14)12(2)19)22-11-13-5-4-6-15(9-13)18(20)21/h4-10H,3,11H2,1-2H3. The van der Waals surface area contributed by atoms with Crippen LogP contribution in [0.1, 0.15) is 35.3 Å². The normalized spacial score (nSPS) is 10.3. The lowest BCUT2D eigenvalue weighted by Crippen LogP contribution is -2.01. The van der Waals surface area contributed by atoms with Crippen molar-refractivity contribution in [3.63, 3.8) is 0 Å². The van der Waals surface area contributed by atoms with Crippen molar-refractivity contribution in [1.29, 1.82) is 0 Å². The minimum Gasteiger partial charge on any atom is -0.489 e. The first-order valence-corrected chi connectivity index (χ1v) is 7.01. The second-order valence-corrected chi connectivity index (χ2v) is 4.94. The number of nitro benzene ring substituents is 1. The maximum Gasteiger partial charge on any atom is 0.269 e. The van der Waals surface area contributed by atoms with Gasteiger partial charge in [-0.25, -0.2) is 0 Å². The highest BCUT2D eigenvalue weighted by atomic mass is 16.6. The highest BCUT2D eigenvalue weighted by Gasteiger charge is 2.09. The van der Waals surface area contributed by atoms with Gasteiger partial charge in [-0.15, -0.1) is 0 Å². The van der Waals surface area contributed by atoms with Crippen molar-refractivity contribution in [2.45, 2.75) is 26.9 Å². The molecule has 0 N–H and O–H groups in total. The maximum atomic E-state index is 11.5. The first kappa shape index (κ1) is 15.7. The van der Waals surface area contributed by atoms with E-state index < -0.39 is 4.92 Å². The summed E-state index contributed by atoms with van der Waals surface area (Å²) in [4.78, 5) is 21.8. The predicted molar refractivity (Wildman–Crippen MR) is 83.3 cm³/mol. The lowest BCUT2D eigenvalue weighted by Gasteiger charge is -2.10. The second kappa shape index (κ2) is 6.85. The minimum atomic E-state index is -0.430. The first-order valence-electron chi connectivity index (χ1n) is 7.01. The Kier molecular flexibility index (Phi) is 4.88. The van der Waals surface area contributed by atoms with Crippen LogP contribution >= 0.6 is 0 Å². The molecule has 2 rings (SSSR count). The highest BCUT2D eigenvalue weighted by molar-refractivity contribution is 5.95. The SMILES string of the molecule is CCc1cc(OCc2cccc([N+](=O)[O-])c2)ccc1C(C)=O. The third-order valence-electron chi connectivity index (χ3n) is 3.36. The van der Waals surface area contributed by atoms with Gasteiger partial charge in [-0.1, -0.05) is 19.1 Å². The lowest BCUT2D eigenvalue weighted by atomic mass is 10.0. The highest BCUT2D eigenvalue weighted by Crippen LogP contribution is 2.21. The predicted octanol–water partition coefficient (Wildman–Crippen LogP) is 3.94. The molecule has 0 aliphatic heterocycles. The minimum absolute atomic E-state index is 0.0297. The summed E-state index contributed by atoms with van der Waals surface area (Å²) >= 11 is 0. The molecule has 5 heteroatoms. The molecule has 2 aromatic rings. The Morgan fingerprint density at radius 3 is 2.64 bits per heavy atom. The summed E-state index contributed by atoms with van der Waals surface area (Å²) in [6.07, 6.45) is 0.739. The summed E-state index contributed by atoms with van der Waals surface area (Å²) in [6, 6.07) is 11.7. The van der Waals surface area contributed by atoms with Gasteiger partial charge in [0.05, 0.1) is 4.92 Å². The van der Waals surface area contributed by atoms with Crippen LogP contribution in [-0.2, 0) is 13.0 Å². The number of hydrogen-bond acceptors (Lipinski definition) is 4. The molecule has 0 radical (unpaired) electrons. The molecule has 2 aromatic carbocycles. The van der Waals surface area contributed by atoms with E-state index in [0.717, 1.165) is 17.5 Å². The van der Waals surface area contributed by atoms with Gasteiger partial charge in [0.15, 0.2) is 5.78 Å². The second-order valence-electron chi connectivity index (χ2n) is 4.94. The summed E-state index contributed by atoms with van der Waals surface area (Å²) in [7, 11) is 0. The summed E-state index contributed by atoms with van der Waals surface area (Å²) in [6.45, 7) is 3.76. The fourth-order valence-corrected chi connectivity index (χ4v) is 2.22. The van der Waals surface area contributed by atoms with Gasteiger partial charge >= 0.3 is 0 Å². The van der Waals surface area contributed by atoms with Gasteiger partial charge in [-0.05, 0) is 42.7 Å². The number of hydrogen-bond donors (Lipinski definition) is 0. The fourth-order valence-electron chi connectivity index (χ4n) is 2.22. The molecule has 0 saturated heterocycles. The van der Waals surface area contributed by atoms with Crippen LogP contribution in [0.2, 0.25) is 0 Å². The number of aryl methyl sites for hydroxylation is 1. The van der Waals surface area contributed by atoms with Crippen molar-refractivity contribution < 1.29 is 14.5 Å². The molecule has 0 unspecified atom stereocenters. The Morgan fingerprint density at radius 2 is 2.00 bits per heavy atom. The summed E-state index contributed by atoms with van der Waals surface area (Å²) < 4.78 is 5.67. The van der Waals surface area contributed by atoms with Crippen LogP contribution in [-0.4, -0.2) is 10.7 Å². The monoisotopic (exact) mass is 299 g/mol.